The first-order chi connectivity index (χ1) is 5.91. The second-order valence-electron chi connectivity index (χ2n) is 2.55. The van der Waals surface area contributed by atoms with Gasteiger partial charge in [0, 0.05) is 6.20 Å². The molecule has 0 aliphatic rings. The lowest BCUT2D eigenvalue weighted by molar-refractivity contribution is -0.0888. The summed E-state index contributed by atoms with van der Waals surface area (Å²) in [5, 5.41) is 0. The molecule has 1 heterocycles. The van der Waals surface area contributed by atoms with Crippen LogP contribution in [-0.4, -0.2) is 22.4 Å². The van der Waals surface area contributed by atoms with Crippen molar-refractivity contribution in [1.29, 1.82) is 0 Å². The van der Waals surface area contributed by atoms with E-state index in [0.29, 0.717) is 5.56 Å². The van der Waals surface area contributed by atoms with Crippen LogP contribution in [0.2, 0.25) is 0 Å². The number of nitrogens with zero attached hydrogens (tertiary/aromatic N) is 1. The molecule has 1 aromatic heterocycles. The lowest BCUT2D eigenvalue weighted by Gasteiger charge is -2.03. The minimum atomic E-state index is -4.84. The molecule has 2 N–H and O–H groups in total. The third kappa shape index (κ3) is 2.81. The molecule has 0 aliphatic heterocycles. The Morgan fingerprint density at radius 2 is 1.93 bits per heavy atom. The summed E-state index contributed by atoms with van der Waals surface area (Å²) in [7, 11) is 0. The Kier molecular flexibility index (Phi) is 3.76. The first kappa shape index (κ1) is 12.6. The molecule has 78 valence electrons. The van der Waals surface area contributed by atoms with Gasteiger partial charge in [-0.1, -0.05) is 6.07 Å². The van der Waals surface area contributed by atoms with Crippen LogP contribution in [0.4, 0.5) is 13.2 Å². The van der Waals surface area contributed by atoms with E-state index in [0.717, 1.165) is 6.07 Å². The van der Waals surface area contributed by atoms with Gasteiger partial charge >= 0.3 is 6.18 Å². The Morgan fingerprint density at radius 3 is 2.29 bits per heavy atom. The molecule has 3 nitrogen and oxygen atoms in total. The van der Waals surface area contributed by atoms with Crippen molar-refractivity contribution in [3.05, 3.63) is 29.6 Å². The summed E-state index contributed by atoms with van der Waals surface area (Å²) in [6.07, 6.45) is -3.62. The smallest absolute Gasteiger partial charge is 0.412 e. The molecule has 0 atom stereocenters. The summed E-state index contributed by atoms with van der Waals surface area (Å²) in [4.78, 5) is 14.0. The van der Waals surface area contributed by atoms with E-state index in [1.807, 2.05) is 0 Å². The number of carbonyl (C=O) groups is 1. The maximum atomic E-state index is 11.8. The SMILES string of the molecule is Cc1ccc(C(=O)C(F)(F)F)nc1.O. The number of hydrogen-bond acceptors (Lipinski definition) is 2. The van der Waals surface area contributed by atoms with Gasteiger partial charge in [0.2, 0.25) is 0 Å². The Morgan fingerprint density at radius 1 is 1.36 bits per heavy atom. The third-order valence-corrected chi connectivity index (χ3v) is 1.40. The maximum absolute atomic E-state index is 11.8. The number of aryl methyl sites for hydroxylation is 1. The normalized spacial score (nSPS) is 10.6. The predicted molar refractivity (Wildman–Crippen MR) is 43.0 cm³/mol. The van der Waals surface area contributed by atoms with Crippen molar-refractivity contribution in [3.63, 3.8) is 0 Å². The number of Topliss-reactive ketones (excluding diaryl/α,β-unsaturated/α-hetero) is 1. The Labute approximate surface area is 77.9 Å². The largest absolute Gasteiger partial charge is 0.456 e. The van der Waals surface area contributed by atoms with Crippen LogP contribution in [0.5, 0.6) is 0 Å². The van der Waals surface area contributed by atoms with Crippen molar-refractivity contribution in [3.8, 4) is 0 Å². The van der Waals surface area contributed by atoms with Crippen LogP contribution in [-0.2, 0) is 0 Å². The molecular weight excluding hydrogens is 199 g/mol. The molecule has 14 heavy (non-hydrogen) atoms. The fourth-order valence-electron chi connectivity index (χ4n) is 0.747. The highest BCUT2D eigenvalue weighted by Crippen LogP contribution is 2.20. The molecule has 0 amide bonds. The van der Waals surface area contributed by atoms with E-state index in [2.05, 4.69) is 4.98 Å². The van der Waals surface area contributed by atoms with E-state index in [4.69, 9.17) is 0 Å². The third-order valence-electron chi connectivity index (χ3n) is 1.40. The van der Waals surface area contributed by atoms with Crippen molar-refractivity contribution in [1.82, 2.24) is 4.98 Å². The number of aromatic nitrogens is 1. The average Bonchev–Trinajstić information content (AvgIpc) is 2.03. The highest BCUT2D eigenvalue weighted by atomic mass is 19.4. The van der Waals surface area contributed by atoms with E-state index < -0.39 is 17.7 Å². The van der Waals surface area contributed by atoms with Crippen LogP contribution in [0, 0.1) is 6.92 Å². The molecule has 1 rings (SSSR count). The van der Waals surface area contributed by atoms with Gasteiger partial charge in [0.25, 0.3) is 5.78 Å². The molecule has 0 radical (unpaired) electrons. The quantitative estimate of drug-likeness (QED) is 0.652. The van der Waals surface area contributed by atoms with E-state index in [1.54, 1.807) is 6.92 Å². The predicted octanol–water partition coefficient (Wildman–Crippen LogP) is 1.31. The zero-order chi connectivity index (χ0) is 10.1. The molecule has 0 fully saturated rings. The zero-order valence-electron chi connectivity index (χ0n) is 7.22. The molecular formula is C8H8F3NO2. The van der Waals surface area contributed by atoms with Crippen molar-refractivity contribution in [2.75, 3.05) is 0 Å². The molecule has 0 unspecified atom stereocenters. The summed E-state index contributed by atoms with van der Waals surface area (Å²) < 4.78 is 35.5. The lowest BCUT2D eigenvalue weighted by Crippen LogP contribution is -2.23. The van der Waals surface area contributed by atoms with Crippen molar-refractivity contribution in [2.45, 2.75) is 13.1 Å². The molecule has 0 aliphatic carbocycles. The lowest BCUT2D eigenvalue weighted by atomic mass is 10.2. The van der Waals surface area contributed by atoms with Crippen LogP contribution in [0.25, 0.3) is 0 Å². The number of rotatable bonds is 1. The molecule has 0 bridgehead atoms. The van der Waals surface area contributed by atoms with Crippen molar-refractivity contribution >= 4 is 5.78 Å². The van der Waals surface area contributed by atoms with Gasteiger partial charge in [-0.05, 0) is 18.6 Å². The van der Waals surface area contributed by atoms with E-state index in [9.17, 15) is 18.0 Å². The Hall–Kier alpha value is -1.43. The number of carbonyl (C=O) groups excluding carboxylic acids is 1. The zero-order valence-corrected chi connectivity index (χ0v) is 7.22. The standard InChI is InChI=1S/C8H6F3NO.H2O/c1-5-2-3-6(12-4-5)7(13)8(9,10)11;/h2-4H,1H3;1H2. The van der Waals surface area contributed by atoms with Gasteiger partial charge in [-0.3, -0.25) is 9.78 Å². The molecule has 1 aromatic rings. The molecule has 0 aromatic carbocycles. The second-order valence-corrected chi connectivity index (χ2v) is 2.55. The van der Waals surface area contributed by atoms with Crippen LogP contribution in [0.1, 0.15) is 16.1 Å². The minimum Gasteiger partial charge on any atom is -0.412 e. The number of ketones is 1. The number of halogens is 3. The van der Waals surface area contributed by atoms with Gasteiger partial charge in [-0.15, -0.1) is 0 Å². The number of hydrogen-bond donors (Lipinski definition) is 0. The van der Waals surface area contributed by atoms with Crippen LogP contribution < -0.4 is 0 Å². The highest BCUT2D eigenvalue weighted by Gasteiger charge is 2.40. The topological polar surface area (TPSA) is 61.5 Å². The summed E-state index contributed by atoms with van der Waals surface area (Å²) in [5.74, 6) is -1.91. The Balaban J connectivity index is 0.00000169. The molecule has 0 saturated carbocycles. The number of pyridine rings is 1. The van der Waals surface area contributed by atoms with E-state index >= 15 is 0 Å². The molecule has 0 spiro atoms. The first-order valence-corrected chi connectivity index (χ1v) is 3.45. The minimum absolute atomic E-state index is 0. The maximum Gasteiger partial charge on any atom is 0.456 e. The van der Waals surface area contributed by atoms with Gasteiger partial charge in [0.15, 0.2) is 0 Å². The summed E-state index contributed by atoms with van der Waals surface area (Å²) in [6, 6.07) is 2.47. The van der Waals surface area contributed by atoms with Crippen LogP contribution in [0.3, 0.4) is 0 Å². The van der Waals surface area contributed by atoms with Gasteiger partial charge in [-0.2, -0.15) is 13.2 Å². The fraction of sp³-hybridized carbons (Fsp3) is 0.250. The monoisotopic (exact) mass is 207 g/mol. The fourth-order valence-corrected chi connectivity index (χ4v) is 0.747. The van der Waals surface area contributed by atoms with Gasteiger partial charge < -0.3 is 5.48 Å². The summed E-state index contributed by atoms with van der Waals surface area (Å²) in [5.41, 5.74) is 0.136. The van der Waals surface area contributed by atoms with Crippen molar-refractivity contribution < 1.29 is 23.4 Å². The summed E-state index contributed by atoms with van der Waals surface area (Å²) >= 11 is 0. The second kappa shape index (κ2) is 4.19. The highest BCUT2D eigenvalue weighted by molar-refractivity contribution is 5.98. The average molecular weight is 207 g/mol. The van der Waals surface area contributed by atoms with Gasteiger partial charge in [-0.25, -0.2) is 0 Å². The number of alkyl halides is 3. The van der Waals surface area contributed by atoms with Crippen LogP contribution in [0.15, 0.2) is 18.3 Å². The Bertz CT molecular complexity index is 318. The summed E-state index contributed by atoms with van der Waals surface area (Å²) in [6.45, 7) is 1.68. The molecule has 6 heteroatoms. The molecule has 0 saturated heterocycles. The van der Waals surface area contributed by atoms with E-state index in [-0.39, 0.29) is 5.48 Å². The van der Waals surface area contributed by atoms with Gasteiger partial charge in [0.1, 0.15) is 5.69 Å². The van der Waals surface area contributed by atoms with E-state index in [1.165, 1.54) is 12.3 Å². The van der Waals surface area contributed by atoms with Crippen LogP contribution >= 0.6 is 0 Å². The van der Waals surface area contributed by atoms with Crippen molar-refractivity contribution in [2.24, 2.45) is 0 Å². The van der Waals surface area contributed by atoms with Gasteiger partial charge in [0.05, 0.1) is 0 Å². The first-order valence-electron chi connectivity index (χ1n) is 3.45.